The molecule has 0 saturated heterocycles. The minimum Gasteiger partial charge on any atom is -0.457 e. The van der Waals surface area contributed by atoms with Gasteiger partial charge in [0.25, 0.3) is 0 Å². The zero-order chi connectivity index (χ0) is 47.9. The monoisotopic (exact) mass is 866 g/mol. The average Bonchev–Trinajstić information content (AvgIpc) is 3.20. The molecule has 0 atom stereocenters. The van der Waals surface area contributed by atoms with Crippen molar-refractivity contribution in [3.8, 4) is 11.5 Å². The highest BCUT2D eigenvalue weighted by Gasteiger charge is 2.34. The third-order valence-corrected chi connectivity index (χ3v) is 13.2. The number of hydrogen-bond donors (Lipinski definition) is 0. The van der Waals surface area contributed by atoms with Gasteiger partial charge in [-0.1, -0.05) is 98.5 Å². The molecule has 336 valence electrons. The second kappa shape index (κ2) is 19.1. The minimum atomic E-state index is -0.223. The van der Waals surface area contributed by atoms with E-state index < -0.39 is 0 Å². The van der Waals surface area contributed by atoms with Crippen molar-refractivity contribution < 1.29 is 23.9 Å². The molecule has 0 heterocycles. The Kier molecular flexibility index (Phi) is 14.2. The SMILES string of the molecule is CCc1cc(Oc2cc(CC)c(C(=O)c3c(C)cc(C)cc3C)c(C(=O)c3c(C)cc(C)cc3C)c2CC)c(CC)c(C(=O)c2c(C)cc(C)cc2C)c1C(=O)c1c(C)cc(C)cc1C. The van der Waals surface area contributed by atoms with Crippen LogP contribution in [0.15, 0.2) is 60.7 Å². The molecule has 6 aromatic carbocycles. The summed E-state index contributed by atoms with van der Waals surface area (Å²) in [6, 6.07) is 20.0. The van der Waals surface area contributed by atoms with Crippen LogP contribution in [0.4, 0.5) is 0 Å². The van der Waals surface area contributed by atoms with E-state index in [0.717, 1.165) is 66.8 Å². The Balaban J connectivity index is 1.72. The van der Waals surface area contributed by atoms with Gasteiger partial charge in [-0.05, 0) is 177 Å². The molecule has 65 heavy (non-hydrogen) atoms. The minimum absolute atomic E-state index is 0.187. The zero-order valence-electron chi connectivity index (χ0n) is 41.6. The van der Waals surface area contributed by atoms with Crippen LogP contribution in [0.5, 0.6) is 11.5 Å². The summed E-state index contributed by atoms with van der Waals surface area (Å²) in [4.78, 5) is 61.4. The van der Waals surface area contributed by atoms with Gasteiger partial charge in [-0.25, -0.2) is 0 Å². The molecule has 0 amide bonds. The molecule has 6 rings (SSSR count). The van der Waals surface area contributed by atoms with Crippen molar-refractivity contribution in [2.45, 2.75) is 136 Å². The lowest BCUT2D eigenvalue weighted by atomic mass is 9.80. The van der Waals surface area contributed by atoms with Crippen molar-refractivity contribution in [3.63, 3.8) is 0 Å². The molecule has 0 saturated carbocycles. The summed E-state index contributed by atoms with van der Waals surface area (Å²) in [7, 11) is 0. The summed E-state index contributed by atoms with van der Waals surface area (Å²) >= 11 is 0. The van der Waals surface area contributed by atoms with Crippen LogP contribution in [0.1, 0.15) is 180 Å². The molecule has 0 unspecified atom stereocenters. The molecule has 0 aliphatic carbocycles. The lowest BCUT2D eigenvalue weighted by molar-refractivity contribution is 0.0999. The topological polar surface area (TPSA) is 77.5 Å². The number of aryl methyl sites for hydroxylation is 14. The quantitative estimate of drug-likeness (QED) is 0.102. The highest BCUT2D eigenvalue weighted by Crippen LogP contribution is 2.42. The van der Waals surface area contributed by atoms with E-state index in [1.165, 1.54) is 0 Å². The van der Waals surface area contributed by atoms with Crippen molar-refractivity contribution in [1.29, 1.82) is 0 Å². The largest absolute Gasteiger partial charge is 0.457 e. The summed E-state index contributed by atoms with van der Waals surface area (Å²) in [6.07, 6.45) is 1.68. The van der Waals surface area contributed by atoms with Gasteiger partial charge in [0.1, 0.15) is 11.5 Å². The highest BCUT2D eigenvalue weighted by atomic mass is 16.5. The van der Waals surface area contributed by atoms with Crippen molar-refractivity contribution in [2.24, 2.45) is 0 Å². The first kappa shape index (κ1) is 48.3. The fourth-order valence-electron chi connectivity index (χ4n) is 10.7. The van der Waals surface area contributed by atoms with Crippen LogP contribution in [0.2, 0.25) is 0 Å². The van der Waals surface area contributed by atoms with Crippen LogP contribution in [0.25, 0.3) is 0 Å². The molecule has 0 aliphatic rings. The standard InChI is InChI=1S/C60H66O5/c1-17-43-29-47(45(19-3)55(59(63)51-39(13)25-33(7)26-40(51)14)53(43)57(61)49-35(9)21-31(5)22-36(49)10)65-48-30-44(18-2)54(58(62)50-37(11)23-32(6)24-38(50)12)56(46(48)20-4)60(64)52-41(15)27-34(8)28-42(52)16/h21-30H,17-20H2,1-16H3. The van der Waals surface area contributed by atoms with Crippen LogP contribution in [0, 0.1) is 83.1 Å². The Bertz CT molecular complexity index is 2680. The van der Waals surface area contributed by atoms with Crippen LogP contribution in [0.3, 0.4) is 0 Å². The Morgan fingerprint density at radius 1 is 0.308 bits per heavy atom. The van der Waals surface area contributed by atoms with Gasteiger partial charge in [-0.15, -0.1) is 0 Å². The summed E-state index contributed by atoms with van der Waals surface area (Å²) in [5.41, 5.74) is 17.4. The number of carbonyl (C=O) groups is 4. The molecule has 0 bridgehead atoms. The zero-order valence-corrected chi connectivity index (χ0v) is 41.6. The molecule has 5 nitrogen and oxygen atoms in total. The maximum absolute atomic E-state index is 15.5. The molecule has 0 aliphatic heterocycles. The van der Waals surface area contributed by atoms with E-state index in [4.69, 9.17) is 4.74 Å². The van der Waals surface area contributed by atoms with Crippen molar-refractivity contribution >= 4 is 23.1 Å². The van der Waals surface area contributed by atoms with E-state index in [0.29, 0.717) is 104 Å². The van der Waals surface area contributed by atoms with Crippen molar-refractivity contribution in [3.05, 3.63) is 194 Å². The first-order valence-electron chi connectivity index (χ1n) is 23.2. The molecule has 0 N–H and O–H groups in total. The normalized spacial score (nSPS) is 11.3. The van der Waals surface area contributed by atoms with Crippen LogP contribution in [-0.2, 0) is 25.7 Å². The molecule has 0 fully saturated rings. The van der Waals surface area contributed by atoms with Crippen molar-refractivity contribution in [1.82, 2.24) is 0 Å². The third-order valence-electron chi connectivity index (χ3n) is 13.2. The lowest BCUT2D eigenvalue weighted by Gasteiger charge is -2.25. The predicted molar refractivity (Wildman–Crippen MR) is 267 cm³/mol. The highest BCUT2D eigenvalue weighted by molar-refractivity contribution is 6.24. The van der Waals surface area contributed by atoms with E-state index in [-0.39, 0.29) is 23.1 Å². The van der Waals surface area contributed by atoms with E-state index in [2.05, 4.69) is 0 Å². The van der Waals surface area contributed by atoms with E-state index in [9.17, 15) is 0 Å². The van der Waals surface area contributed by atoms with E-state index >= 15 is 19.2 Å². The summed E-state index contributed by atoms with van der Waals surface area (Å²) in [5, 5.41) is 0. The fraction of sp³-hybridized carbons (Fsp3) is 0.333. The van der Waals surface area contributed by atoms with Gasteiger partial charge in [-0.2, -0.15) is 0 Å². The molecule has 0 spiro atoms. The average molecular weight is 867 g/mol. The molecule has 0 aromatic heterocycles. The van der Waals surface area contributed by atoms with Gasteiger partial charge < -0.3 is 4.74 Å². The summed E-state index contributed by atoms with van der Waals surface area (Å²) in [6.45, 7) is 31.7. The maximum Gasteiger partial charge on any atom is 0.194 e. The van der Waals surface area contributed by atoms with Gasteiger partial charge in [-0.3, -0.25) is 19.2 Å². The molecular formula is C60H66O5. The summed E-state index contributed by atoms with van der Waals surface area (Å²) in [5.74, 6) is 0.0788. The maximum atomic E-state index is 15.5. The Hall–Kier alpha value is -6.20. The second-order valence-electron chi connectivity index (χ2n) is 18.5. The number of benzene rings is 6. The van der Waals surface area contributed by atoms with Crippen molar-refractivity contribution in [2.75, 3.05) is 0 Å². The predicted octanol–water partition coefficient (Wildman–Crippen LogP) is 14.4. The van der Waals surface area contributed by atoms with E-state index in [1.54, 1.807) is 0 Å². The van der Waals surface area contributed by atoms with Crippen LogP contribution in [-0.4, -0.2) is 23.1 Å². The Morgan fingerprint density at radius 2 is 0.523 bits per heavy atom. The molecule has 0 radical (unpaired) electrons. The number of rotatable bonds is 14. The number of ketones is 4. The second-order valence-corrected chi connectivity index (χ2v) is 18.5. The van der Waals surface area contributed by atoms with Gasteiger partial charge in [0.05, 0.1) is 0 Å². The van der Waals surface area contributed by atoms with Gasteiger partial charge >= 0.3 is 0 Å². The van der Waals surface area contributed by atoms with Gasteiger partial charge in [0.15, 0.2) is 23.1 Å². The number of ether oxygens (including phenoxy) is 1. The molecule has 5 heteroatoms. The van der Waals surface area contributed by atoms with E-state index in [1.807, 2.05) is 171 Å². The smallest absolute Gasteiger partial charge is 0.194 e. The molecular weight excluding hydrogens is 801 g/mol. The molecule has 6 aromatic rings. The van der Waals surface area contributed by atoms with Crippen LogP contribution < -0.4 is 4.74 Å². The van der Waals surface area contributed by atoms with Crippen LogP contribution >= 0.6 is 0 Å². The summed E-state index contributed by atoms with van der Waals surface area (Å²) < 4.78 is 7.20. The van der Waals surface area contributed by atoms with Gasteiger partial charge in [0.2, 0.25) is 0 Å². The fourth-order valence-corrected chi connectivity index (χ4v) is 10.7. The first-order valence-corrected chi connectivity index (χ1v) is 23.2. The first-order chi connectivity index (χ1) is 30.7. The number of hydrogen-bond acceptors (Lipinski definition) is 5. The third kappa shape index (κ3) is 8.95. The number of carbonyl (C=O) groups excluding carboxylic acids is 4. The Morgan fingerprint density at radius 3 is 0.723 bits per heavy atom. The lowest BCUT2D eigenvalue weighted by Crippen LogP contribution is -2.21. The van der Waals surface area contributed by atoms with Gasteiger partial charge in [0, 0.05) is 55.6 Å². The Labute approximate surface area is 387 Å².